The van der Waals surface area contributed by atoms with Gasteiger partial charge in [-0.25, -0.2) is 22.9 Å². The summed E-state index contributed by atoms with van der Waals surface area (Å²) in [5.74, 6) is 0.781. The average Bonchev–Trinajstić information content (AvgIpc) is 3.36. The van der Waals surface area contributed by atoms with Gasteiger partial charge in [0.2, 0.25) is 0 Å². The number of hydrogen-bond donors (Lipinski definition) is 2. The number of para-hydroxylation sites is 1. The lowest BCUT2D eigenvalue weighted by atomic mass is 10.3. The Bertz CT molecular complexity index is 1400. The van der Waals surface area contributed by atoms with E-state index >= 15 is 0 Å². The van der Waals surface area contributed by atoms with E-state index in [2.05, 4.69) is 20.7 Å². The quantitative estimate of drug-likeness (QED) is 0.407. The fourth-order valence-corrected chi connectivity index (χ4v) is 4.35. The maximum Gasteiger partial charge on any atom is 0.323 e. The normalized spacial score (nSPS) is 11.1. The summed E-state index contributed by atoms with van der Waals surface area (Å²) in [5.41, 5.74) is 2.26. The fraction of sp³-hybridized carbons (Fsp3) is 0.125. The van der Waals surface area contributed by atoms with Crippen molar-refractivity contribution in [3.05, 3.63) is 85.3 Å². The minimum atomic E-state index is -3.86. The molecule has 4 rings (SSSR count). The summed E-state index contributed by atoms with van der Waals surface area (Å²) in [7, 11) is 1.38. The number of nitrogens with zero attached hydrogens (tertiary/aromatic N) is 5. The van der Waals surface area contributed by atoms with Crippen molar-refractivity contribution in [1.82, 2.24) is 14.8 Å². The predicted molar refractivity (Wildman–Crippen MR) is 137 cm³/mol. The smallest absolute Gasteiger partial charge is 0.323 e. The van der Waals surface area contributed by atoms with E-state index in [0.717, 1.165) is 10.1 Å². The van der Waals surface area contributed by atoms with Crippen LogP contribution in [-0.4, -0.2) is 50.4 Å². The molecule has 2 heterocycles. The molecule has 180 valence electrons. The highest BCUT2D eigenvalue weighted by atomic mass is 32.2. The zero-order chi connectivity index (χ0) is 25.0. The number of sulfonamides is 1. The Hall–Kier alpha value is -4.38. The minimum Gasteiger partial charge on any atom is -0.363 e. The van der Waals surface area contributed by atoms with E-state index in [-0.39, 0.29) is 4.90 Å². The van der Waals surface area contributed by atoms with E-state index in [1.807, 2.05) is 49.3 Å². The third-order valence-electron chi connectivity index (χ3n) is 5.19. The van der Waals surface area contributed by atoms with Crippen LogP contribution in [0.4, 0.5) is 27.7 Å². The van der Waals surface area contributed by atoms with Crippen LogP contribution in [0.25, 0.3) is 5.69 Å². The van der Waals surface area contributed by atoms with Gasteiger partial charge in [-0.2, -0.15) is 5.10 Å². The van der Waals surface area contributed by atoms with Crippen molar-refractivity contribution in [2.24, 2.45) is 0 Å². The average molecular weight is 492 g/mol. The summed E-state index contributed by atoms with van der Waals surface area (Å²) in [6, 6.07) is 18.8. The molecule has 0 bridgehead atoms. The lowest BCUT2D eigenvalue weighted by molar-refractivity contribution is 0.262. The van der Waals surface area contributed by atoms with Crippen molar-refractivity contribution in [3.63, 3.8) is 0 Å². The van der Waals surface area contributed by atoms with Gasteiger partial charge in [0.15, 0.2) is 0 Å². The van der Waals surface area contributed by atoms with E-state index in [0.29, 0.717) is 22.7 Å². The van der Waals surface area contributed by atoms with Crippen molar-refractivity contribution in [1.29, 1.82) is 0 Å². The van der Waals surface area contributed by atoms with E-state index in [1.165, 1.54) is 24.1 Å². The molecule has 10 nitrogen and oxygen atoms in total. The topological polar surface area (TPSA) is 112 Å². The van der Waals surface area contributed by atoms with Gasteiger partial charge < -0.3 is 15.5 Å². The molecule has 4 aromatic rings. The Morgan fingerprint density at radius 1 is 0.857 bits per heavy atom. The molecular weight excluding hydrogens is 466 g/mol. The second-order valence-electron chi connectivity index (χ2n) is 7.85. The second kappa shape index (κ2) is 9.85. The molecular formula is C24H25N7O3S. The van der Waals surface area contributed by atoms with Gasteiger partial charge in [0.05, 0.1) is 30.0 Å². The molecule has 35 heavy (non-hydrogen) atoms. The Kier molecular flexibility index (Phi) is 6.69. The number of amides is 2. The number of nitrogens with one attached hydrogen (secondary N) is 2. The maximum atomic E-state index is 13.2. The first-order chi connectivity index (χ1) is 16.7. The molecule has 2 aromatic carbocycles. The number of rotatable bonds is 7. The van der Waals surface area contributed by atoms with Crippen molar-refractivity contribution < 1.29 is 13.2 Å². The highest BCUT2D eigenvalue weighted by Gasteiger charge is 2.23. The number of hydrogen-bond acceptors (Lipinski definition) is 6. The molecule has 0 saturated heterocycles. The highest BCUT2D eigenvalue weighted by Crippen LogP contribution is 2.24. The van der Waals surface area contributed by atoms with Crippen LogP contribution in [0.3, 0.4) is 0 Å². The van der Waals surface area contributed by atoms with Gasteiger partial charge in [-0.1, -0.05) is 18.2 Å². The molecule has 0 unspecified atom stereocenters. The van der Waals surface area contributed by atoms with Crippen LogP contribution in [-0.2, 0) is 10.0 Å². The van der Waals surface area contributed by atoms with Gasteiger partial charge in [-0.3, -0.25) is 4.31 Å². The Morgan fingerprint density at radius 2 is 1.51 bits per heavy atom. The summed E-state index contributed by atoms with van der Waals surface area (Å²) in [6.07, 6.45) is 4.37. The van der Waals surface area contributed by atoms with Gasteiger partial charge in [-0.15, -0.1) is 0 Å². The van der Waals surface area contributed by atoms with Gasteiger partial charge in [0.25, 0.3) is 10.0 Å². The Morgan fingerprint density at radius 3 is 2.11 bits per heavy atom. The molecule has 0 fully saturated rings. The third-order valence-corrected chi connectivity index (χ3v) is 6.93. The van der Waals surface area contributed by atoms with Gasteiger partial charge in [0.1, 0.15) is 10.7 Å². The Balaban J connectivity index is 1.45. The number of anilines is 4. The molecule has 0 saturated carbocycles. The van der Waals surface area contributed by atoms with Gasteiger partial charge in [0, 0.05) is 32.5 Å². The van der Waals surface area contributed by atoms with Crippen LogP contribution >= 0.6 is 0 Å². The summed E-state index contributed by atoms with van der Waals surface area (Å²) in [4.78, 5) is 18.4. The zero-order valence-corrected chi connectivity index (χ0v) is 20.3. The van der Waals surface area contributed by atoms with Crippen molar-refractivity contribution in [2.75, 3.05) is 41.0 Å². The molecule has 2 amide bonds. The van der Waals surface area contributed by atoms with Crippen molar-refractivity contribution in [2.45, 2.75) is 4.90 Å². The minimum absolute atomic E-state index is 0.0427. The first-order valence-corrected chi connectivity index (χ1v) is 12.1. The molecule has 0 spiro atoms. The van der Waals surface area contributed by atoms with Gasteiger partial charge >= 0.3 is 6.03 Å². The number of aromatic nitrogens is 3. The fourth-order valence-electron chi connectivity index (χ4n) is 3.23. The third kappa shape index (κ3) is 5.41. The monoisotopic (exact) mass is 491 g/mol. The SMILES string of the molecule is CN(C)c1ccc(-n2cc(S(=O)(=O)N(C)c3ccc(NC(=O)Nc4ccccc4)cc3)cn2)cn1. The van der Waals surface area contributed by atoms with Crippen LogP contribution in [0.15, 0.2) is 90.2 Å². The lowest BCUT2D eigenvalue weighted by Crippen LogP contribution is -2.26. The van der Waals surface area contributed by atoms with Crippen molar-refractivity contribution in [3.8, 4) is 5.69 Å². The van der Waals surface area contributed by atoms with E-state index in [4.69, 9.17) is 0 Å². The van der Waals surface area contributed by atoms with E-state index < -0.39 is 16.1 Å². The molecule has 0 aliphatic carbocycles. The van der Waals surface area contributed by atoms with Crippen LogP contribution < -0.4 is 19.8 Å². The Labute approximate surface area is 203 Å². The molecule has 0 atom stereocenters. The number of pyridine rings is 1. The van der Waals surface area contributed by atoms with Crippen molar-refractivity contribution >= 4 is 38.9 Å². The van der Waals surface area contributed by atoms with Gasteiger partial charge in [-0.05, 0) is 48.5 Å². The largest absolute Gasteiger partial charge is 0.363 e. The maximum absolute atomic E-state index is 13.2. The number of benzene rings is 2. The molecule has 0 aliphatic heterocycles. The molecule has 2 N–H and O–H groups in total. The first-order valence-electron chi connectivity index (χ1n) is 10.6. The molecule has 2 aromatic heterocycles. The summed E-state index contributed by atoms with van der Waals surface area (Å²) in [5, 5.41) is 9.63. The van der Waals surface area contributed by atoms with E-state index in [1.54, 1.807) is 42.6 Å². The number of carbonyl (C=O) groups excluding carboxylic acids is 1. The molecule has 0 aliphatic rings. The van der Waals surface area contributed by atoms with Crippen LogP contribution in [0.1, 0.15) is 0 Å². The lowest BCUT2D eigenvalue weighted by Gasteiger charge is -2.19. The van der Waals surface area contributed by atoms with Crippen LogP contribution in [0.5, 0.6) is 0 Å². The predicted octanol–water partition coefficient (Wildman–Crippen LogP) is 3.80. The number of urea groups is 1. The van der Waals surface area contributed by atoms with Crippen LogP contribution in [0.2, 0.25) is 0 Å². The summed E-state index contributed by atoms with van der Waals surface area (Å²) < 4.78 is 28.9. The standard InChI is InChI=1S/C24H25N7O3S/c1-29(2)23-14-13-21(15-25-23)31-17-22(16-26-31)35(33,34)30(3)20-11-9-19(10-12-20)28-24(32)27-18-7-5-4-6-8-18/h4-17H,1-3H3,(H2,27,28,32). The number of carbonyl (C=O) groups is 1. The summed E-state index contributed by atoms with van der Waals surface area (Å²) >= 11 is 0. The summed E-state index contributed by atoms with van der Waals surface area (Å²) in [6.45, 7) is 0. The first kappa shape index (κ1) is 23.8. The van der Waals surface area contributed by atoms with Crippen LogP contribution in [0, 0.1) is 0 Å². The second-order valence-corrected chi connectivity index (χ2v) is 9.82. The molecule has 0 radical (unpaired) electrons. The molecule has 11 heteroatoms. The van der Waals surface area contributed by atoms with E-state index in [9.17, 15) is 13.2 Å². The zero-order valence-electron chi connectivity index (χ0n) is 19.5. The highest BCUT2D eigenvalue weighted by molar-refractivity contribution is 7.92.